The van der Waals surface area contributed by atoms with Crippen molar-refractivity contribution in [3.8, 4) is 0 Å². The molecule has 0 aromatic rings. The molecule has 0 saturated heterocycles. The van der Waals surface area contributed by atoms with Gasteiger partial charge in [0.05, 0.1) is 0 Å². The van der Waals surface area contributed by atoms with Gasteiger partial charge in [0.15, 0.2) is 0 Å². The summed E-state index contributed by atoms with van der Waals surface area (Å²) < 4.78 is 0. The minimum Gasteiger partial charge on any atom is -0.370 e. The maximum absolute atomic E-state index is 9.53. The van der Waals surface area contributed by atoms with Crippen LogP contribution in [0.2, 0.25) is 0 Å². The minimum atomic E-state index is -0.356. The number of hydrogen-bond acceptors (Lipinski definition) is 1. The molecule has 1 amide bonds. The first-order chi connectivity index (χ1) is 2.27. The number of hydrogen-bond donors (Lipinski definition) is 1. The van der Waals surface area contributed by atoms with Crippen molar-refractivity contribution in [2.75, 3.05) is 0 Å². The summed E-state index contributed by atoms with van der Waals surface area (Å²) in [7, 11) is 0. The van der Waals surface area contributed by atoms with Crippen LogP contribution < -0.4 is 5.73 Å². The molecule has 0 heterocycles. The van der Waals surface area contributed by atoms with Crippen molar-refractivity contribution in [2.45, 2.75) is 6.42 Å². The molecule has 0 atom stereocenters. The van der Waals surface area contributed by atoms with Gasteiger partial charge >= 0.3 is 0 Å². The van der Waals surface area contributed by atoms with Crippen LogP contribution in [-0.4, -0.2) is 5.91 Å². The highest BCUT2D eigenvalue weighted by Crippen LogP contribution is 1.61. The van der Waals surface area contributed by atoms with E-state index in [2.05, 4.69) is 12.7 Å². The lowest BCUT2D eigenvalue weighted by atomic mass is 10.5. The molecule has 0 rings (SSSR count). The zero-order valence-electron chi connectivity index (χ0n) is 3.31. The lowest BCUT2D eigenvalue weighted by Crippen LogP contribution is -2.07. The van der Waals surface area contributed by atoms with E-state index in [-0.39, 0.29) is 24.7 Å². The third kappa shape index (κ3) is 9.25. The first kappa shape index (κ1) is 9.23. The van der Waals surface area contributed by atoms with E-state index >= 15 is 0 Å². The molecule has 2 N–H and O–H groups in total. The molecule has 0 aliphatic carbocycles. The van der Waals surface area contributed by atoms with Gasteiger partial charge in [0.2, 0.25) is 5.91 Å². The van der Waals surface area contributed by atoms with Crippen molar-refractivity contribution in [3.05, 3.63) is 6.92 Å². The fraction of sp³-hybridized carbons (Fsp3) is 0.333. The molecule has 0 aromatic heterocycles. The summed E-state index contributed by atoms with van der Waals surface area (Å²) in [5.74, 6) is -0.356. The molecular formula is C3H7ClNO. The number of nitrogens with two attached hydrogens (primary N) is 1. The normalized spacial score (nSPS) is 6.17. The van der Waals surface area contributed by atoms with Crippen molar-refractivity contribution >= 4 is 18.3 Å². The van der Waals surface area contributed by atoms with Gasteiger partial charge in [-0.05, 0) is 6.92 Å². The number of carbonyl (C=O) groups excluding carboxylic acids is 1. The Morgan fingerprint density at radius 3 is 2.00 bits per heavy atom. The average Bonchev–Trinajstić information content (AvgIpc) is 1.38. The lowest BCUT2D eigenvalue weighted by Gasteiger charge is -1.73. The molecule has 0 spiro atoms. The van der Waals surface area contributed by atoms with Crippen LogP contribution in [0.1, 0.15) is 6.42 Å². The summed E-state index contributed by atoms with van der Waals surface area (Å²) in [6, 6.07) is 0. The molecular weight excluding hydrogens is 101 g/mol. The molecule has 3 heteroatoms. The highest BCUT2D eigenvalue weighted by molar-refractivity contribution is 5.85. The maximum Gasteiger partial charge on any atom is 0.217 e. The summed E-state index contributed by atoms with van der Waals surface area (Å²) in [6.45, 7) is 3.21. The molecule has 0 aliphatic rings. The fourth-order valence-corrected chi connectivity index (χ4v) is 0. The smallest absolute Gasteiger partial charge is 0.217 e. The van der Waals surface area contributed by atoms with Crippen LogP contribution in [0.15, 0.2) is 0 Å². The van der Waals surface area contributed by atoms with Crippen molar-refractivity contribution in [1.29, 1.82) is 0 Å². The SMILES string of the molecule is Cl.[CH2]CC(N)=O. The molecule has 2 nitrogen and oxygen atoms in total. The van der Waals surface area contributed by atoms with E-state index in [1.165, 1.54) is 0 Å². The van der Waals surface area contributed by atoms with Gasteiger partial charge in [-0.2, -0.15) is 0 Å². The molecule has 37 valence electrons. The highest BCUT2D eigenvalue weighted by atomic mass is 35.5. The summed E-state index contributed by atoms with van der Waals surface area (Å²) in [5, 5.41) is 0. The Morgan fingerprint density at radius 1 is 1.83 bits per heavy atom. The van der Waals surface area contributed by atoms with Gasteiger partial charge in [-0.1, -0.05) is 0 Å². The third-order valence-corrected chi connectivity index (χ3v) is 0.246. The van der Waals surface area contributed by atoms with Crippen LogP contribution in [0.25, 0.3) is 0 Å². The van der Waals surface area contributed by atoms with Crippen LogP contribution >= 0.6 is 12.4 Å². The summed E-state index contributed by atoms with van der Waals surface area (Å²) >= 11 is 0. The van der Waals surface area contributed by atoms with E-state index in [1.54, 1.807) is 0 Å². The molecule has 0 aromatic carbocycles. The number of primary amides is 1. The average molecular weight is 109 g/mol. The second-order valence-electron chi connectivity index (χ2n) is 0.716. The molecule has 6 heavy (non-hydrogen) atoms. The van der Waals surface area contributed by atoms with Gasteiger partial charge in [-0.3, -0.25) is 4.79 Å². The van der Waals surface area contributed by atoms with Crippen LogP contribution in [0, 0.1) is 6.92 Å². The zero-order chi connectivity index (χ0) is 4.28. The summed E-state index contributed by atoms with van der Waals surface area (Å²) in [5.41, 5.74) is 4.59. The first-order valence-corrected chi connectivity index (χ1v) is 1.35. The monoisotopic (exact) mass is 108 g/mol. The fourth-order valence-electron chi connectivity index (χ4n) is 0. The third-order valence-electron chi connectivity index (χ3n) is 0.246. The van der Waals surface area contributed by atoms with Crippen molar-refractivity contribution in [2.24, 2.45) is 5.73 Å². The second-order valence-corrected chi connectivity index (χ2v) is 0.716. The predicted molar refractivity (Wildman–Crippen MR) is 26.4 cm³/mol. The van der Waals surface area contributed by atoms with Crippen LogP contribution in [0.3, 0.4) is 0 Å². The second kappa shape index (κ2) is 4.76. The Balaban J connectivity index is 0. The minimum absolute atomic E-state index is 0. The van der Waals surface area contributed by atoms with Crippen LogP contribution in [0.4, 0.5) is 0 Å². The van der Waals surface area contributed by atoms with Crippen molar-refractivity contribution in [1.82, 2.24) is 0 Å². The first-order valence-electron chi connectivity index (χ1n) is 1.35. The van der Waals surface area contributed by atoms with E-state index in [4.69, 9.17) is 0 Å². The van der Waals surface area contributed by atoms with Gasteiger partial charge in [0.1, 0.15) is 0 Å². The molecule has 0 saturated carbocycles. The van der Waals surface area contributed by atoms with Gasteiger partial charge in [0.25, 0.3) is 0 Å². The number of carbonyl (C=O) groups is 1. The van der Waals surface area contributed by atoms with Gasteiger partial charge in [-0.25, -0.2) is 0 Å². The van der Waals surface area contributed by atoms with E-state index in [1.807, 2.05) is 0 Å². The van der Waals surface area contributed by atoms with Crippen LogP contribution in [-0.2, 0) is 4.79 Å². The van der Waals surface area contributed by atoms with E-state index in [0.29, 0.717) is 0 Å². The molecule has 0 aliphatic heterocycles. The quantitative estimate of drug-likeness (QED) is 0.509. The lowest BCUT2D eigenvalue weighted by molar-refractivity contribution is -0.117. The molecule has 0 unspecified atom stereocenters. The highest BCUT2D eigenvalue weighted by Gasteiger charge is 1.77. The van der Waals surface area contributed by atoms with Gasteiger partial charge in [0, 0.05) is 6.42 Å². The molecule has 0 bridgehead atoms. The van der Waals surface area contributed by atoms with E-state index in [9.17, 15) is 4.79 Å². The summed E-state index contributed by atoms with van der Waals surface area (Å²) in [6.07, 6.45) is 0.194. The Morgan fingerprint density at radius 2 is 2.00 bits per heavy atom. The van der Waals surface area contributed by atoms with Crippen molar-refractivity contribution in [3.63, 3.8) is 0 Å². The van der Waals surface area contributed by atoms with Gasteiger partial charge in [-0.15, -0.1) is 12.4 Å². The topological polar surface area (TPSA) is 43.1 Å². The Bertz CT molecular complexity index is 46.1. The summed E-state index contributed by atoms with van der Waals surface area (Å²) in [4.78, 5) is 9.53. The number of halogens is 1. The largest absolute Gasteiger partial charge is 0.370 e. The Labute approximate surface area is 43.1 Å². The Hall–Kier alpha value is -0.240. The zero-order valence-corrected chi connectivity index (χ0v) is 4.12. The maximum atomic E-state index is 9.53. The van der Waals surface area contributed by atoms with Crippen LogP contribution in [0.5, 0.6) is 0 Å². The van der Waals surface area contributed by atoms with E-state index < -0.39 is 0 Å². The molecule has 1 radical (unpaired) electrons. The standard InChI is InChI=1S/C3H6NO.ClH/c1-2-3(4)5;/h1-2H2,(H2,4,5);1H. The molecule has 0 fully saturated rings. The van der Waals surface area contributed by atoms with Gasteiger partial charge < -0.3 is 5.73 Å². The van der Waals surface area contributed by atoms with Crippen molar-refractivity contribution < 1.29 is 4.79 Å². The van der Waals surface area contributed by atoms with E-state index in [0.717, 1.165) is 0 Å². The predicted octanol–water partition coefficient (Wildman–Crippen LogP) is 0.118. The number of amides is 1. The Kier molecular flexibility index (Phi) is 7.32. The number of rotatable bonds is 1.